The highest BCUT2D eigenvalue weighted by atomic mass is 35.5. The molecule has 2 heterocycles. The molecule has 1 atom stereocenters. The molecule has 1 unspecified atom stereocenters. The Morgan fingerprint density at radius 1 is 1.19 bits per heavy atom. The Hall–Kier alpha value is -2.79. The Morgan fingerprint density at radius 2 is 2.00 bits per heavy atom. The quantitative estimate of drug-likeness (QED) is 0.614. The van der Waals surface area contributed by atoms with E-state index in [1.165, 1.54) is 18.2 Å². The lowest BCUT2D eigenvalue weighted by molar-refractivity contribution is 0.189. The summed E-state index contributed by atoms with van der Waals surface area (Å²) in [7, 11) is 0. The molecule has 4 rings (SSSR count). The van der Waals surface area contributed by atoms with Crippen molar-refractivity contribution in [1.82, 2.24) is 9.47 Å². The number of para-hydroxylation sites is 1. The van der Waals surface area contributed by atoms with Crippen LogP contribution in [0.25, 0.3) is 5.69 Å². The van der Waals surface area contributed by atoms with Crippen LogP contribution in [0.5, 0.6) is 0 Å². The van der Waals surface area contributed by atoms with E-state index in [2.05, 4.69) is 9.88 Å². The number of aromatic nitrogens is 1. The van der Waals surface area contributed by atoms with E-state index in [0.717, 1.165) is 16.9 Å². The topological polar surface area (TPSA) is 37.3 Å². The van der Waals surface area contributed by atoms with Crippen LogP contribution >= 0.6 is 11.6 Å². The number of nitrogens with zero attached hydrogens (tertiary/aromatic N) is 2. The average molecular weight is 370 g/mol. The number of hydrogen-bond donors (Lipinski definition) is 1. The molecule has 26 heavy (non-hydrogen) atoms. The van der Waals surface area contributed by atoms with Crippen molar-refractivity contribution in [3.63, 3.8) is 0 Å². The molecule has 3 aromatic rings. The standard InChI is InChI=1S/C20H17ClFN3O/c1-13-18-7-4-10-24(18)19-6-3-2-5-14(19)12-25(13)20(26)23-15-8-9-17(22)16(21)11-15/h2-11,13H,12H2,1H3,(H,23,26). The number of anilines is 1. The Balaban J connectivity index is 1.68. The summed E-state index contributed by atoms with van der Waals surface area (Å²) in [5, 5.41) is 2.80. The highest BCUT2D eigenvalue weighted by Crippen LogP contribution is 2.32. The van der Waals surface area contributed by atoms with Gasteiger partial charge in [-0.25, -0.2) is 9.18 Å². The second-order valence-corrected chi connectivity index (χ2v) is 6.70. The number of carbonyl (C=O) groups is 1. The van der Waals surface area contributed by atoms with Gasteiger partial charge < -0.3 is 14.8 Å². The molecule has 0 bridgehead atoms. The van der Waals surface area contributed by atoms with E-state index in [-0.39, 0.29) is 17.1 Å². The van der Waals surface area contributed by atoms with E-state index >= 15 is 0 Å². The van der Waals surface area contributed by atoms with E-state index in [9.17, 15) is 9.18 Å². The highest BCUT2D eigenvalue weighted by Gasteiger charge is 2.28. The van der Waals surface area contributed by atoms with Gasteiger partial charge in [0, 0.05) is 17.6 Å². The van der Waals surface area contributed by atoms with E-state index in [1.807, 2.05) is 49.5 Å². The molecule has 0 aliphatic carbocycles. The summed E-state index contributed by atoms with van der Waals surface area (Å²) < 4.78 is 15.5. The normalized spacial score (nSPS) is 15.8. The molecule has 0 saturated heterocycles. The third-order valence-corrected chi connectivity index (χ3v) is 4.99. The third kappa shape index (κ3) is 2.84. The van der Waals surface area contributed by atoms with Gasteiger partial charge in [-0.3, -0.25) is 0 Å². The number of fused-ring (bicyclic) bond motifs is 3. The molecule has 0 radical (unpaired) electrons. The summed E-state index contributed by atoms with van der Waals surface area (Å²) in [6, 6.07) is 15.8. The molecule has 2 amide bonds. The fraction of sp³-hybridized carbons (Fsp3) is 0.150. The number of hydrogen-bond acceptors (Lipinski definition) is 1. The van der Waals surface area contributed by atoms with Crippen molar-refractivity contribution in [1.29, 1.82) is 0 Å². The molecular formula is C20H17ClFN3O. The van der Waals surface area contributed by atoms with E-state index in [4.69, 9.17) is 11.6 Å². The second kappa shape index (κ2) is 6.50. The molecule has 0 spiro atoms. The van der Waals surface area contributed by atoms with Crippen LogP contribution in [0.15, 0.2) is 60.8 Å². The number of rotatable bonds is 1. The molecule has 132 valence electrons. The fourth-order valence-corrected chi connectivity index (χ4v) is 3.51. The lowest BCUT2D eigenvalue weighted by Crippen LogP contribution is -2.36. The first-order chi connectivity index (χ1) is 12.5. The van der Waals surface area contributed by atoms with Crippen LogP contribution < -0.4 is 5.32 Å². The Kier molecular flexibility index (Phi) is 4.17. The van der Waals surface area contributed by atoms with Crippen molar-refractivity contribution in [3.8, 4) is 5.69 Å². The molecule has 2 aromatic carbocycles. The Bertz CT molecular complexity index is 985. The summed E-state index contributed by atoms with van der Waals surface area (Å²) in [5.41, 5.74) is 3.62. The van der Waals surface area contributed by atoms with Crippen molar-refractivity contribution in [2.45, 2.75) is 19.5 Å². The van der Waals surface area contributed by atoms with Crippen molar-refractivity contribution in [3.05, 3.63) is 82.9 Å². The molecule has 1 aliphatic heterocycles. The average Bonchev–Trinajstić information content (AvgIpc) is 3.08. The van der Waals surface area contributed by atoms with Crippen LogP contribution in [0.4, 0.5) is 14.9 Å². The van der Waals surface area contributed by atoms with Crippen molar-refractivity contribution in [2.24, 2.45) is 0 Å². The van der Waals surface area contributed by atoms with Gasteiger partial charge in [0.1, 0.15) is 5.82 Å². The monoisotopic (exact) mass is 369 g/mol. The van der Waals surface area contributed by atoms with Crippen LogP contribution in [0.3, 0.4) is 0 Å². The van der Waals surface area contributed by atoms with Crippen LogP contribution in [0, 0.1) is 5.82 Å². The maximum absolute atomic E-state index is 13.3. The van der Waals surface area contributed by atoms with Gasteiger partial charge in [-0.1, -0.05) is 29.8 Å². The predicted molar refractivity (Wildman–Crippen MR) is 100 cm³/mol. The Morgan fingerprint density at radius 3 is 2.81 bits per heavy atom. The van der Waals surface area contributed by atoms with Gasteiger partial charge in [-0.05, 0) is 48.9 Å². The second-order valence-electron chi connectivity index (χ2n) is 6.29. The van der Waals surface area contributed by atoms with Gasteiger partial charge in [0.05, 0.1) is 23.3 Å². The van der Waals surface area contributed by atoms with Gasteiger partial charge in [0.2, 0.25) is 0 Å². The minimum atomic E-state index is -0.514. The third-order valence-electron chi connectivity index (χ3n) is 4.70. The Labute approximate surface area is 155 Å². The number of urea groups is 1. The van der Waals surface area contributed by atoms with E-state index in [1.54, 1.807) is 4.90 Å². The van der Waals surface area contributed by atoms with Crippen LogP contribution in [-0.4, -0.2) is 15.5 Å². The van der Waals surface area contributed by atoms with Crippen molar-refractivity contribution in [2.75, 3.05) is 5.32 Å². The molecule has 1 aliphatic rings. The van der Waals surface area contributed by atoms with E-state index < -0.39 is 5.82 Å². The zero-order valence-corrected chi connectivity index (χ0v) is 14.9. The molecule has 0 saturated carbocycles. The van der Waals surface area contributed by atoms with Gasteiger partial charge in [-0.15, -0.1) is 0 Å². The zero-order chi connectivity index (χ0) is 18.3. The number of carbonyl (C=O) groups excluding carboxylic acids is 1. The van der Waals surface area contributed by atoms with Gasteiger partial charge in [0.15, 0.2) is 0 Å². The first-order valence-corrected chi connectivity index (χ1v) is 8.70. The smallest absolute Gasteiger partial charge is 0.318 e. The molecule has 0 fully saturated rings. The first-order valence-electron chi connectivity index (χ1n) is 8.33. The SMILES string of the molecule is CC1c2cccn2-c2ccccc2CN1C(=O)Nc1ccc(F)c(Cl)c1. The number of amides is 2. The molecule has 6 heteroatoms. The molecule has 4 nitrogen and oxygen atoms in total. The lowest BCUT2D eigenvalue weighted by atomic mass is 10.1. The number of halogens is 2. The van der Waals surface area contributed by atoms with Gasteiger partial charge >= 0.3 is 6.03 Å². The molecule has 1 aromatic heterocycles. The van der Waals surface area contributed by atoms with Gasteiger partial charge in [-0.2, -0.15) is 0 Å². The largest absolute Gasteiger partial charge is 0.322 e. The fourth-order valence-electron chi connectivity index (χ4n) is 3.33. The maximum Gasteiger partial charge on any atom is 0.322 e. The van der Waals surface area contributed by atoms with Crippen LogP contribution in [0.1, 0.15) is 24.2 Å². The number of nitrogens with one attached hydrogen (secondary N) is 1. The summed E-state index contributed by atoms with van der Waals surface area (Å²) in [4.78, 5) is 14.7. The zero-order valence-electron chi connectivity index (χ0n) is 14.1. The van der Waals surface area contributed by atoms with Crippen molar-refractivity contribution < 1.29 is 9.18 Å². The van der Waals surface area contributed by atoms with Crippen LogP contribution in [-0.2, 0) is 6.54 Å². The molecule has 1 N–H and O–H groups in total. The van der Waals surface area contributed by atoms with Gasteiger partial charge in [0.25, 0.3) is 0 Å². The maximum atomic E-state index is 13.3. The predicted octanol–water partition coefficient (Wildman–Crippen LogP) is 5.38. The minimum Gasteiger partial charge on any atom is -0.318 e. The lowest BCUT2D eigenvalue weighted by Gasteiger charge is -2.27. The highest BCUT2D eigenvalue weighted by molar-refractivity contribution is 6.31. The van der Waals surface area contributed by atoms with Crippen molar-refractivity contribution >= 4 is 23.3 Å². The summed E-state index contributed by atoms with van der Waals surface area (Å²) in [6.07, 6.45) is 2.01. The first kappa shape index (κ1) is 16.7. The summed E-state index contributed by atoms with van der Waals surface area (Å²) in [6.45, 7) is 2.47. The minimum absolute atomic E-state index is 0.0223. The van der Waals surface area contributed by atoms with Crippen LogP contribution in [0.2, 0.25) is 5.02 Å². The summed E-state index contributed by atoms with van der Waals surface area (Å²) in [5.74, 6) is -0.514. The summed E-state index contributed by atoms with van der Waals surface area (Å²) >= 11 is 5.81. The molecular weight excluding hydrogens is 353 g/mol. The van der Waals surface area contributed by atoms with E-state index in [0.29, 0.717) is 12.2 Å². The number of benzene rings is 2.